The molecule has 0 spiro atoms. The van der Waals surface area contributed by atoms with Gasteiger partial charge in [0.15, 0.2) is 5.78 Å². The number of rotatable bonds is 3. The predicted molar refractivity (Wildman–Crippen MR) is 65.9 cm³/mol. The highest BCUT2D eigenvalue weighted by molar-refractivity contribution is 14.1. The van der Waals surface area contributed by atoms with Gasteiger partial charge in [0.1, 0.15) is 5.56 Å². The van der Waals surface area contributed by atoms with Crippen molar-refractivity contribution >= 4 is 57.3 Å². The zero-order valence-corrected chi connectivity index (χ0v) is 10.8. The lowest BCUT2D eigenvalue weighted by Crippen LogP contribution is -2.07. The molecule has 0 aliphatic rings. The number of ketones is 1. The van der Waals surface area contributed by atoms with E-state index in [1.165, 1.54) is 6.07 Å². The first kappa shape index (κ1) is 12.7. The molecule has 0 unspecified atom stereocenters. The van der Waals surface area contributed by atoms with E-state index in [0.29, 0.717) is 3.57 Å². The van der Waals surface area contributed by atoms with Gasteiger partial charge in [0.25, 0.3) is 5.69 Å². The number of hydrogen-bond donors (Lipinski definition) is 0. The van der Waals surface area contributed by atoms with Gasteiger partial charge in [-0.25, -0.2) is 0 Å². The summed E-state index contributed by atoms with van der Waals surface area (Å²) in [6.07, 6.45) is 0. The van der Waals surface area contributed by atoms with Gasteiger partial charge < -0.3 is 0 Å². The third-order valence-corrected chi connectivity index (χ3v) is 2.94. The number of nitro benzene ring substituents is 1. The summed E-state index contributed by atoms with van der Waals surface area (Å²) in [4.78, 5) is 21.4. The van der Waals surface area contributed by atoms with Crippen LogP contribution < -0.4 is 0 Å². The molecule has 0 saturated heterocycles. The van der Waals surface area contributed by atoms with Gasteiger partial charge in [0.05, 0.1) is 10.8 Å². The molecule has 4 nitrogen and oxygen atoms in total. The molecule has 0 aromatic heterocycles. The predicted octanol–water partition coefficient (Wildman–Crippen LogP) is 3.27. The van der Waals surface area contributed by atoms with Gasteiger partial charge in [0.2, 0.25) is 0 Å². The van der Waals surface area contributed by atoms with Crippen molar-refractivity contribution in [3.63, 3.8) is 0 Å². The monoisotopic (exact) mass is 359 g/mol. The second-order valence-corrected chi connectivity index (χ2v) is 4.46. The molecule has 0 N–H and O–H groups in total. The summed E-state index contributed by atoms with van der Waals surface area (Å²) in [6.45, 7) is 0. The summed E-state index contributed by atoms with van der Waals surface area (Å²) in [5.41, 5.74) is -0.294. The van der Waals surface area contributed by atoms with E-state index in [4.69, 9.17) is 23.2 Å². The van der Waals surface area contributed by atoms with Crippen LogP contribution in [0, 0.1) is 13.7 Å². The van der Waals surface area contributed by atoms with Crippen molar-refractivity contribution in [1.29, 1.82) is 0 Å². The molecule has 0 bridgehead atoms. The largest absolute Gasteiger partial charge is 0.293 e. The lowest BCUT2D eigenvalue weighted by atomic mass is 10.1. The minimum atomic E-state index is -0.645. The van der Waals surface area contributed by atoms with Crippen molar-refractivity contribution in [2.45, 2.75) is 0 Å². The Kier molecular flexibility index (Phi) is 4.30. The molecule has 0 aliphatic heterocycles. The number of carbonyl (C=O) groups excluding carboxylic acids is 1. The first-order valence-electron chi connectivity index (χ1n) is 3.70. The van der Waals surface area contributed by atoms with E-state index < -0.39 is 10.7 Å². The molecule has 0 atom stereocenters. The first-order chi connectivity index (χ1) is 6.97. The molecule has 0 saturated carbocycles. The third kappa shape index (κ3) is 2.79. The van der Waals surface area contributed by atoms with Crippen molar-refractivity contribution in [2.75, 3.05) is 5.88 Å². The van der Waals surface area contributed by atoms with Crippen molar-refractivity contribution in [2.24, 2.45) is 0 Å². The average molecular weight is 360 g/mol. The van der Waals surface area contributed by atoms with Crippen LogP contribution in [0.2, 0.25) is 5.02 Å². The second-order valence-electron chi connectivity index (χ2n) is 2.60. The van der Waals surface area contributed by atoms with Crippen molar-refractivity contribution < 1.29 is 9.72 Å². The SMILES string of the molecule is O=C(CCl)c1c(I)cc(Cl)cc1[N+](=O)[O-]. The first-order valence-corrected chi connectivity index (χ1v) is 5.69. The van der Waals surface area contributed by atoms with Gasteiger partial charge in [-0.2, -0.15) is 0 Å². The summed E-state index contributed by atoms with van der Waals surface area (Å²) in [6, 6.07) is 2.62. The smallest absolute Gasteiger partial charge is 0.282 e. The number of alkyl halides is 1. The Morgan fingerprint density at radius 2 is 2.13 bits per heavy atom. The zero-order chi connectivity index (χ0) is 11.6. The van der Waals surface area contributed by atoms with E-state index in [-0.39, 0.29) is 22.2 Å². The number of halogens is 3. The minimum absolute atomic E-state index is 0.0139. The van der Waals surface area contributed by atoms with Crippen LogP contribution in [-0.4, -0.2) is 16.6 Å². The fourth-order valence-corrected chi connectivity index (χ4v) is 2.49. The number of hydrogen-bond acceptors (Lipinski definition) is 3. The summed E-state index contributed by atoms with van der Waals surface area (Å²) in [7, 11) is 0. The second kappa shape index (κ2) is 5.09. The van der Waals surface area contributed by atoms with Crippen LogP contribution in [0.1, 0.15) is 10.4 Å². The normalized spacial score (nSPS) is 10.1. The van der Waals surface area contributed by atoms with E-state index in [9.17, 15) is 14.9 Å². The Balaban J connectivity index is 3.46. The summed E-state index contributed by atoms with van der Waals surface area (Å²) in [5, 5.41) is 10.9. The maximum Gasteiger partial charge on any atom is 0.282 e. The molecular formula is C8H4Cl2INO3. The molecule has 0 amide bonds. The van der Waals surface area contributed by atoms with Gasteiger partial charge >= 0.3 is 0 Å². The molecule has 7 heteroatoms. The highest BCUT2D eigenvalue weighted by atomic mass is 127. The van der Waals surface area contributed by atoms with Crippen LogP contribution in [0.4, 0.5) is 5.69 Å². The quantitative estimate of drug-likeness (QED) is 0.273. The molecule has 80 valence electrons. The maximum atomic E-state index is 11.4. The van der Waals surface area contributed by atoms with Gasteiger partial charge in [-0.3, -0.25) is 14.9 Å². The van der Waals surface area contributed by atoms with E-state index in [1.54, 1.807) is 0 Å². The Morgan fingerprint density at radius 3 is 2.60 bits per heavy atom. The topological polar surface area (TPSA) is 60.2 Å². The molecule has 0 aliphatic carbocycles. The molecule has 1 aromatic rings. The molecule has 0 radical (unpaired) electrons. The highest BCUT2D eigenvalue weighted by Crippen LogP contribution is 2.29. The number of nitrogens with zero attached hydrogens (tertiary/aromatic N) is 1. The number of nitro groups is 1. The van der Waals surface area contributed by atoms with Crippen LogP contribution in [0.5, 0.6) is 0 Å². The fourth-order valence-electron chi connectivity index (χ4n) is 1.05. The number of Topliss-reactive ketones (excluding diaryl/α,β-unsaturated/α-hetero) is 1. The highest BCUT2D eigenvalue weighted by Gasteiger charge is 2.23. The van der Waals surface area contributed by atoms with Crippen LogP contribution in [0.3, 0.4) is 0 Å². The van der Waals surface area contributed by atoms with Gasteiger partial charge in [-0.1, -0.05) is 11.6 Å². The molecule has 0 fully saturated rings. The number of carbonyl (C=O) groups is 1. The fraction of sp³-hybridized carbons (Fsp3) is 0.125. The van der Waals surface area contributed by atoms with E-state index in [2.05, 4.69) is 0 Å². The Bertz CT molecular complexity index is 436. The van der Waals surface area contributed by atoms with E-state index in [0.717, 1.165) is 6.07 Å². The van der Waals surface area contributed by atoms with Crippen LogP contribution >= 0.6 is 45.8 Å². The van der Waals surface area contributed by atoms with Crippen molar-refractivity contribution in [3.8, 4) is 0 Å². The van der Waals surface area contributed by atoms with Crippen molar-refractivity contribution in [3.05, 3.63) is 36.4 Å². The van der Waals surface area contributed by atoms with Crippen LogP contribution in [-0.2, 0) is 0 Å². The molecule has 1 rings (SSSR count). The third-order valence-electron chi connectivity index (χ3n) is 1.63. The lowest BCUT2D eigenvalue weighted by molar-refractivity contribution is -0.385. The Hall–Kier alpha value is -0.400. The Morgan fingerprint density at radius 1 is 1.53 bits per heavy atom. The molecule has 1 aromatic carbocycles. The van der Waals surface area contributed by atoms with Crippen molar-refractivity contribution in [1.82, 2.24) is 0 Å². The maximum absolute atomic E-state index is 11.4. The Labute approximate surface area is 109 Å². The minimum Gasteiger partial charge on any atom is -0.293 e. The summed E-state index contributed by atoms with van der Waals surface area (Å²) >= 11 is 12.8. The molecular weight excluding hydrogens is 356 g/mol. The standard InChI is InChI=1S/C8H4Cl2INO3/c9-3-7(13)8-5(11)1-4(10)2-6(8)12(14)15/h1-2H,3H2. The number of benzene rings is 1. The van der Waals surface area contributed by atoms with Gasteiger partial charge in [0, 0.05) is 14.7 Å². The zero-order valence-electron chi connectivity index (χ0n) is 7.17. The van der Waals surface area contributed by atoms with E-state index >= 15 is 0 Å². The average Bonchev–Trinajstić information content (AvgIpc) is 2.15. The summed E-state index contributed by atoms with van der Waals surface area (Å²) < 4.78 is 0.428. The van der Waals surface area contributed by atoms with Gasteiger partial charge in [-0.05, 0) is 28.7 Å². The molecule has 0 heterocycles. The van der Waals surface area contributed by atoms with Gasteiger partial charge in [-0.15, -0.1) is 11.6 Å². The molecule has 15 heavy (non-hydrogen) atoms. The van der Waals surface area contributed by atoms with Crippen LogP contribution in [0.25, 0.3) is 0 Å². The van der Waals surface area contributed by atoms with E-state index in [1.807, 2.05) is 22.6 Å². The summed E-state index contributed by atoms with van der Waals surface area (Å²) in [5.74, 6) is -0.775. The van der Waals surface area contributed by atoms with Crippen LogP contribution in [0.15, 0.2) is 12.1 Å². The lowest BCUT2D eigenvalue weighted by Gasteiger charge is -2.03.